The van der Waals surface area contributed by atoms with Crippen LogP contribution >= 0.6 is 0 Å². The molecule has 0 aromatic heterocycles. The summed E-state index contributed by atoms with van der Waals surface area (Å²) < 4.78 is 60.5. The van der Waals surface area contributed by atoms with Gasteiger partial charge in [0.15, 0.2) is 15.2 Å². The lowest BCUT2D eigenvalue weighted by atomic mass is 10.0. The van der Waals surface area contributed by atoms with Crippen LogP contribution in [0.5, 0.6) is 0 Å². The van der Waals surface area contributed by atoms with Gasteiger partial charge in [0.25, 0.3) is 5.91 Å². The van der Waals surface area contributed by atoms with Crippen LogP contribution in [0.1, 0.15) is 6.92 Å². The van der Waals surface area contributed by atoms with Gasteiger partial charge in [-0.05, 0) is 12.5 Å². The van der Waals surface area contributed by atoms with Crippen molar-refractivity contribution in [2.45, 2.75) is 24.5 Å². The van der Waals surface area contributed by atoms with Gasteiger partial charge in [-0.15, -0.1) is 0 Å². The van der Waals surface area contributed by atoms with Crippen LogP contribution in [0, 0.1) is 0 Å². The molecular weight excluding hydrogens is 333 g/mol. The zero-order valence-electron chi connectivity index (χ0n) is 10.8. The molecule has 0 saturated carbocycles. The van der Waals surface area contributed by atoms with E-state index in [1.165, 1.54) is 12.2 Å². The summed E-state index contributed by atoms with van der Waals surface area (Å²) in [6, 6.07) is -1.96. The van der Waals surface area contributed by atoms with Gasteiger partial charge in [-0.2, -0.15) is 13.2 Å². The summed E-state index contributed by atoms with van der Waals surface area (Å²) >= 11 is 0. The number of sulfone groups is 1. The molecule has 122 valence electrons. The number of hydrogen-bond acceptors (Lipinski definition) is 5. The Morgan fingerprint density at radius 3 is 2.36 bits per heavy atom. The minimum Gasteiger partial charge on any atom is -0.477 e. The number of amides is 2. The molecule has 12 heteroatoms. The van der Waals surface area contributed by atoms with E-state index in [2.05, 4.69) is 0 Å². The molecule has 0 spiro atoms. The van der Waals surface area contributed by atoms with Crippen LogP contribution in [-0.4, -0.2) is 59.6 Å². The number of carbonyl (C=O) groups is 3. The number of halogens is 3. The van der Waals surface area contributed by atoms with E-state index in [1.807, 2.05) is 0 Å². The molecule has 2 heterocycles. The molecule has 2 atom stereocenters. The van der Waals surface area contributed by atoms with E-state index in [9.17, 15) is 36.0 Å². The molecule has 1 fully saturated rings. The van der Waals surface area contributed by atoms with Gasteiger partial charge in [-0.1, -0.05) is 0 Å². The summed E-state index contributed by atoms with van der Waals surface area (Å²) in [5.74, 6) is -5.99. The summed E-state index contributed by atoms with van der Waals surface area (Å²) in [6.07, 6.45) is -5.29. The Morgan fingerprint density at radius 2 is 1.91 bits per heavy atom. The van der Waals surface area contributed by atoms with E-state index in [0.29, 0.717) is 4.90 Å². The number of nitrogens with zero attached hydrogens (tertiary/aromatic N) is 1. The Bertz CT molecular complexity index is 711. The number of fused-ring (bicyclic) bond motifs is 1. The highest BCUT2D eigenvalue weighted by molar-refractivity contribution is 7.92. The number of β-lactam (4-membered cyclic amide) rings is 1. The van der Waals surface area contributed by atoms with E-state index < -0.39 is 56.7 Å². The number of carboxylic acid groups (broad SMARTS) is 1. The van der Waals surface area contributed by atoms with Crippen molar-refractivity contribution in [1.29, 1.82) is 0 Å². The van der Waals surface area contributed by atoms with E-state index in [4.69, 9.17) is 5.11 Å². The van der Waals surface area contributed by atoms with Gasteiger partial charge in [-0.3, -0.25) is 14.5 Å². The minimum absolute atomic E-state index is 0.113. The van der Waals surface area contributed by atoms with Gasteiger partial charge in [-0.25, -0.2) is 13.2 Å². The third-order valence-corrected chi connectivity index (χ3v) is 5.27. The fourth-order valence-electron chi connectivity index (χ4n) is 2.37. The SMILES string of the molecule is CC1=C(C(=O)O)N2C(=O)[C@@H](NC(=O)C(F)(F)F)[C@H]2S(=O)(=O)C1. The van der Waals surface area contributed by atoms with Crippen molar-refractivity contribution >= 4 is 27.6 Å². The first-order chi connectivity index (χ1) is 9.88. The molecule has 0 aromatic rings. The quantitative estimate of drug-likeness (QED) is 0.620. The molecule has 0 radical (unpaired) electrons. The first kappa shape index (κ1) is 16.3. The highest BCUT2D eigenvalue weighted by Gasteiger charge is 2.61. The van der Waals surface area contributed by atoms with Crippen molar-refractivity contribution in [3.8, 4) is 0 Å². The van der Waals surface area contributed by atoms with Gasteiger partial charge in [0.2, 0.25) is 0 Å². The highest BCUT2D eigenvalue weighted by Crippen LogP contribution is 2.36. The van der Waals surface area contributed by atoms with Crippen LogP contribution in [0.25, 0.3) is 0 Å². The third-order valence-electron chi connectivity index (χ3n) is 3.22. The maximum absolute atomic E-state index is 12.2. The van der Waals surface area contributed by atoms with Crippen molar-refractivity contribution in [1.82, 2.24) is 10.2 Å². The number of alkyl halides is 3. The number of carbonyl (C=O) groups excluding carboxylic acids is 2. The Kier molecular flexibility index (Phi) is 3.47. The Labute approximate surface area is 121 Å². The number of hydrogen-bond donors (Lipinski definition) is 2. The highest BCUT2D eigenvalue weighted by atomic mass is 32.2. The lowest BCUT2D eigenvalue weighted by molar-refractivity contribution is -0.177. The molecular formula is C10H9F3N2O6S. The molecule has 2 N–H and O–H groups in total. The molecule has 0 bridgehead atoms. The lowest BCUT2D eigenvalue weighted by Gasteiger charge is -2.48. The van der Waals surface area contributed by atoms with Crippen molar-refractivity contribution < 1.29 is 41.1 Å². The fraction of sp³-hybridized carbons (Fsp3) is 0.500. The summed E-state index contributed by atoms with van der Waals surface area (Å²) in [6.45, 7) is 1.19. The van der Waals surface area contributed by atoms with Crippen molar-refractivity contribution in [2.75, 3.05) is 5.75 Å². The maximum atomic E-state index is 12.2. The van der Waals surface area contributed by atoms with Crippen LogP contribution in [0.2, 0.25) is 0 Å². The van der Waals surface area contributed by atoms with Gasteiger partial charge in [0.05, 0.1) is 5.75 Å². The molecule has 2 amide bonds. The van der Waals surface area contributed by atoms with Crippen LogP contribution in [0.4, 0.5) is 13.2 Å². The second-order valence-electron chi connectivity index (χ2n) is 4.79. The van der Waals surface area contributed by atoms with Crippen LogP contribution in [0.3, 0.4) is 0 Å². The smallest absolute Gasteiger partial charge is 0.471 e. The van der Waals surface area contributed by atoms with E-state index in [-0.39, 0.29) is 5.57 Å². The number of aliphatic carboxylic acids is 1. The molecule has 2 aliphatic rings. The number of rotatable bonds is 2. The van der Waals surface area contributed by atoms with Crippen molar-refractivity contribution in [2.24, 2.45) is 0 Å². The summed E-state index contributed by atoms with van der Waals surface area (Å²) in [7, 11) is -4.11. The van der Waals surface area contributed by atoms with Gasteiger partial charge in [0, 0.05) is 0 Å². The van der Waals surface area contributed by atoms with Crippen LogP contribution in [-0.2, 0) is 24.2 Å². The predicted octanol–water partition coefficient (Wildman–Crippen LogP) is -1.01. The maximum Gasteiger partial charge on any atom is 0.471 e. The molecule has 1 saturated heterocycles. The average Bonchev–Trinajstić information content (AvgIpc) is 2.32. The molecule has 0 aromatic carbocycles. The van der Waals surface area contributed by atoms with Crippen molar-refractivity contribution in [3.05, 3.63) is 11.3 Å². The van der Waals surface area contributed by atoms with Gasteiger partial charge in [0.1, 0.15) is 11.7 Å². The Balaban J connectivity index is 2.38. The largest absolute Gasteiger partial charge is 0.477 e. The summed E-state index contributed by atoms with van der Waals surface area (Å²) in [5.41, 5.74) is -0.708. The van der Waals surface area contributed by atoms with Crippen LogP contribution in [0.15, 0.2) is 11.3 Å². The molecule has 22 heavy (non-hydrogen) atoms. The zero-order chi connectivity index (χ0) is 17.0. The second kappa shape index (κ2) is 4.69. The molecule has 8 nitrogen and oxygen atoms in total. The normalized spacial score (nSPS) is 27.1. The molecule has 2 aliphatic heterocycles. The Morgan fingerprint density at radius 1 is 1.36 bits per heavy atom. The van der Waals surface area contributed by atoms with Gasteiger partial charge >= 0.3 is 18.1 Å². The van der Waals surface area contributed by atoms with Crippen molar-refractivity contribution in [3.63, 3.8) is 0 Å². The number of nitrogens with one attached hydrogen (secondary N) is 1. The van der Waals surface area contributed by atoms with E-state index in [1.54, 1.807) is 0 Å². The Hall–Kier alpha value is -2.11. The minimum atomic E-state index is -5.29. The summed E-state index contributed by atoms with van der Waals surface area (Å²) in [4.78, 5) is 34.1. The first-order valence-electron chi connectivity index (χ1n) is 5.73. The summed E-state index contributed by atoms with van der Waals surface area (Å²) in [5, 5.41) is 8.44. The first-order valence-corrected chi connectivity index (χ1v) is 7.45. The van der Waals surface area contributed by atoms with Gasteiger partial charge < -0.3 is 10.4 Å². The monoisotopic (exact) mass is 342 g/mol. The molecule has 2 rings (SSSR count). The fourth-order valence-corrected chi connectivity index (χ4v) is 4.41. The zero-order valence-corrected chi connectivity index (χ0v) is 11.7. The van der Waals surface area contributed by atoms with Crippen LogP contribution < -0.4 is 5.32 Å². The number of carboxylic acids is 1. The van der Waals surface area contributed by atoms with E-state index >= 15 is 0 Å². The standard InChI is InChI=1S/C10H9F3N2O6S/c1-3-2-22(20,21)7-4(14-9(19)10(11,12)13)6(16)15(7)5(3)8(17)18/h4,7H,2H2,1H3,(H,14,19)(H,17,18)/t4-,7-/m1/s1. The lowest BCUT2D eigenvalue weighted by Crippen LogP contribution is -2.75. The molecule has 0 aliphatic carbocycles. The second-order valence-corrected chi connectivity index (χ2v) is 6.89. The average molecular weight is 342 g/mol. The van der Waals surface area contributed by atoms with E-state index in [0.717, 1.165) is 0 Å². The predicted molar refractivity (Wildman–Crippen MR) is 62.7 cm³/mol. The third kappa shape index (κ3) is 2.32. The molecule has 0 unspecified atom stereocenters. The topological polar surface area (TPSA) is 121 Å².